The van der Waals surface area contributed by atoms with Crippen molar-refractivity contribution in [3.05, 3.63) is 152 Å². The molecule has 9 aromatic rings. The summed E-state index contributed by atoms with van der Waals surface area (Å²) in [7, 11) is 0. The largest absolute Gasteiger partial charge is 0.309 e. The Morgan fingerprint density at radius 2 is 1.26 bits per heavy atom. The Morgan fingerprint density at radius 1 is 0.524 bits per heavy atom. The number of fused-ring (bicyclic) bond motifs is 8. The Balaban J connectivity index is 1.52. The summed E-state index contributed by atoms with van der Waals surface area (Å²) in [6, 6.07) is 43.9. The minimum absolute atomic E-state index is 0.000674. The van der Waals surface area contributed by atoms with Crippen LogP contribution < -0.4 is 0 Å². The Hall–Kier alpha value is -5.18. The first kappa shape index (κ1) is 19.8. The molecule has 42 heavy (non-hydrogen) atoms. The normalized spacial score (nSPS) is 13.1. The van der Waals surface area contributed by atoms with Gasteiger partial charge in [-0.25, -0.2) is 0 Å². The van der Waals surface area contributed by atoms with Crippen LogP contribution in [0.25, 0.3) is 80.7 Å². The molecule has 0 aliphatic rings. The number of benzene rings is 7. The molecule has 0 aliphatic carbocycles. The van der Waals surface area contributed by atoms with E-state index >= 15 is 0 Å². The SMILES string of the molecule is [2H]c1c([2H])c([2H])c2c(sc3c(-c4ccc5ccccc5c4)cc4c(c5ccc(-c6ccccc6)cc5n4-c4ccccc4)c32)c1[2H]. The number of nitrogens with zero attached hydrogens (tertiary/aromatic N) is 1. The first-order valence-corrected chi connectivity index (χ1v) is 14.8. The smallest absolute Gasteiger partial charge is 0.0638 e. The maximum Gasteiger partial charge on any atom is 0.0638 e. The van der Waals surface area contributed by atoms with E-state index in [0.29, 0.717) is 10.1 Å². The molecule has 9 rings (SSSR count). The van der Waals surface area contributed by atoms with Crippen molar-refractivity contribution < 1.29 is 5.48 Å². The fourth-order valence-electron chi connectivity index (χ4n) is 6.39. The van der Waals surface area contributed by atoms with E-state index in [2.05, 4.69) is 95.6 Å². The Morgan fingerprint density at radius 3 is 2.12 bits per heavy atom. The molecule has 196 valence electrons. The van der Waals surface area contributed by atoms with Crippen molar-refractivity contribution in [1.29, 1.82) is 0 Å². The molecule has 0 N–H and O–H groups in total. The molecule has 0 atom stereocenters. The number of hydrogen-bond acceptors (Lipinski definition) is 1. The van der Waals surface area contributed by atoms with Crippen molar-refractivity contribution in [2.75, 3.05) is 0 Å². The number of para-hydroxylation sites is 1. The van der Waals surface area contributed by atoms with Gasteiger partial charge in [-0.2, -0.15) is 0 Å². The van der Waals surface area contributed by atoms with Gasteiger partial charge in [-0.1, -0.05) is 115 Å². The first-order valence-electron chi connectivity index (χ1n) is 16.0. The summed E-state index contributed by atoms with van der Waals surface area (Å²) in [5, 5.41) is 5.79. The number of hydrogen-bond donors (Lipinski definition) is 0. The van der Waals surface area contributed by atoms with Crippen molar-refractivity contribution in [3.63, 3.8) is 0 Å². The monoisotopic (exact) mass is 555 g/mol. The van der Waals surface area contributed by atoms with Gasteiger partial charge in [0.1, 0.15) is 0 Å². The number of thiophene rings is 1. The molecule has 7 aromatic carbocycles. The van der Waals surface area contributed by atoms with Gasteiger partial charge in [-0.15, -0.1) is 11.3 Å². The number of aromatic nitrogens is 1. The van der Waals surface area contributed by atoms with Gasteiger partial charge < -0.3 is 4.57 Å². The fourth-order valence-corrected chi connectivity index (χ4v) is 7.55. The zero-order valence-electron chi connectivity index (χ0n) is 26.5. The molecular formula is C40H25NS. The van der Waals surface area contributed by atoms with Crippen LogP contribution in [-0.2, 0) is 0 Å². The van der Waals surface area contributed by atoms with Crippen LogP contribution in [0.5, 0.6) is 0 Å². The summed E-state index contributed by atoms with van der Waals surface area (Å²) in [4.78, 5) is 0. The molecule has 0 radical (unpaired) electrons. The highest BCUT2D eigenvalue weighted by Crippen LogP contribution is 2.48. The van der Waals surface area contributed by atoms with Crippen LogP contribution in [0.15, 0.2) is 152 Å². The molecule has 0 saturated carbocycles. The Kier molecular flexibility index (Phi) is 4.33. The quantitative estimate of drug-likeness (QED) is 0.204. The van der Waals surface area contributed by atoms with E-state index in [1.165, 1.54) is 11.3 Å². The van der Waals surface area contributed by atoms with Crippen LogP contribution in [0.1, 0.15) is 5.48 Å². The topological polar surface area (TPSA) is 4.93 Å². The minimum atomic E-state index is -0.209. The molecule has 2 aromatic heterocycles. The second kappa shape index (κ2) is 9.17. The predicted molar refractivity (Wildman–Crippen MR) is 182 cm³/mol. The third-order valence-electron chi connectivity index (χ3n) is 8.30. The van der Waals surface area contributed by atoms with E-state index in [1.807, 2.05) is 36.4 Å². The van der Waals surface area contributed by atoms with Crippen LogP contribution in [0, 0.1) is 0 Å². The molecule has 0 bridgehead atoms. The van der Waals surface area contributed by atoms with Crippen molar-refractivity contribution in [2.45, 2.75) is 0 Å². The average Bonchev–Trinajstić information content (AvgIpc) is 3.66. The zero-order chi connectivity index (χ0) is 31.1. The van der Waals surface area contributed by atoms with Crippen molar-refractivity contribution >= 4 is 64.1 Å². The van der Waals surface area contributed by atoms with Crippen LogP contribution >= 0.6 is 11.3 Å². The van der Waals surface area contributed by atoms with Crippen LogP contribution in [-0.4, -0.2) is 4.57 Å². The second-order valence-electron chi connectivity index (χ2n) is 10.7. The maximum atomic E-state index is 9.12. The van der Waals surface area contributed by atoms with Crippen LogP contribution in [0.4, 0.5) is 0 Å². The lowest BCUT2D eigenvalue weighted by Gasteiger charge is -2.11. The number of rotatable bonds is 3. The first-order chi connectivity index (χ1) is 22.5. The summed E-state index contributed by atoms with van der Waals surface area (Å²) >= 11 is 1.46. The van der Waals surface area contributed by atoms with E-state index in [4.69, 9.17) is 5.48 Å². The lowest BCUT2D eigenvalue weighted by atomic mass is 9.96. The summed E-state index contributed by atoms with van der Waals surface area (Å²) in [6.07, 6.45) is 0. The third-order valence-corrected chi connectivity index (χ3v) is 9.44. The highest BCUT2D eigenvalue weighted by atomic mass is 32.1. The molecular weight excluding hydrogens is 527 g/mol. The highest BCUT2D eigenvalue weighted by Gasteiger charge is 2.21. The zero-order valence-corrected chi connectivity index (χ0v) is 23.3. The van der Waals surface area contributed by atoms with E-state index in [0.717, 1.165) is 70.6 Å². The minimum Gasteiger partial charge on any atom is -0.309 e. The van der Waals surface area contributed by atoms with Crippen molar-refractivity contribution in [1.82, 2.24) is 4.57 Å². The summed E-state index contributed by atoms with van der Waals surface area (Å²) in [5.74, 6) is 0. The van der Waals surface area contributed by atoms with Crippen molar-refractivity contribution in [2.24, 2.45) is 0 Å². The van der Waals surface area contributed by atoms with Gasteiger partial charge in [0, 0.05) is 42.2 Å². The standard InChI is InChI=1S/C40H25NS/c1-3-11-26(12-4-1)29-21-22-32-35(24-29)41(31-15-5-2-6-16-31)36-25-34(30-20-19-27-13-7-8-14-28(27)23-30)40-39(38(32)36)33-17-9-10-18-37(33)42-40/h1-25H/i9D,10D,17D,18D. The van der Waals surface area contributed by atoms with Gasteiger partial charge in [0.2, 0.25) is 0 Å². The maximum absolute atomic E-state index is 9.12. The second-order valence-corrected chi connectivity index (χ2v) is 11.7. The van der Waals surface area contributed by atoms with E-state index in [-0.39, 0.29) is 24.2 Å². The molecule has 0 spiro atoms. The van der Waals surface area contributed by atoms with E-state index in [9.17, 15) is 0 Å². The van der Waals surface area contributed by atoms with Crippen LogP contribution in [0.2, 0.25) is 0 Å². The van der Waals surface area contributed by atoms with Gasteiger partial charge in [0.05, 0.1) is 16.5 Å². The summed E-state index contributed by atoms with van der Waals surface area (Å²) < 4.78 is 39.0. The Bertz CT molecular complexity index is 2670. The van der Waals surface area contributed by atoms with Gasteiger partial charge in [0.15, 0.2) is 0 Å². The summed E-state index contributed by atoms with van der Waals surface area (Å²) in [5.41, 5.74) is 7.35. The summed E-state index contributed by atoms with van der Waals surface area (Å²) in [6.45, 7) is 0. The molecule has 0 aliphatic heterocycles. The van der Waals surface area contributed by atoms with Crippen LogP contribution in [0.3, 0.4) is 0 Å². The molecule has 0 unspecified atom stereocenters. The fraction of sp³-hybridized carbons (Fsp3) is 0. The molecule has 2 heteroatoms. The van der Waals surface area contributed by atoms with Gasteiger partial charge in [-0.05, 0) is 63.8 Å². The molecule has 1 nitrogen and oxygen atoms in total. The van der Waals surface area contributed by atoms with E-state index in [1.54, 1.807) is 0 Å². The van der Waals surface area contributed by atoms with Gasteiger partial charge in [0.25, 0.3) is 0 Å². The molecule has 0 amide bonds. The predicted octanol–water partition coefficient (Wildman–Crippen LogP) is 11.6. The lowest BCUT2D eigenvalue weighted by Crippen LogP contribution is -1.94. The lowest BCUT2D eigenvalue weighted by molar-refractivity contribution is 1.18. The third kappa shape index (κ3) is 3.49. The molecule has 0 saturated heterocycles. The van der Waals surface area contributed by atoms with E-state index < -0.39 is 0 Å². The highest BCUT2D eigenvalue weighted by molar-refractivity contribution is 7.26. The van der Waals surface area contributed by atoms with Gasteiger partial charge >= 0.3 is 0 Å². The molecule has 0 fully saturated rings. The van der Waals surface area contributed by atoms with Gasteiger partial charge in [-0.3, -0.25) is 0 Å². The molecule has 2 heterocycles. The Labute approximate surface area is 253 Å². The van der Waals surface area contributed by atoms with Crippen molar-refractivity contribution in [3.8, 4) is 27.9 Å². The average molecular weight is 556 g/mol.